The average Bonchev–Trinajstić information content (AvgIpc) is 2.93. The number of hydrogen-bond donors (Lipinski definition) is 0. The number of hydrogen-bond acceptors (Lipinski definition) is 3. The first-order valence-electron chi connectivity index (χ1n) is 8.58. The van der Waals surface area contributed by atoms with Gasteiger partial charge in [0.05, 0.1) is 0 Å². The summed E-state index contributed by atoms with van der Waals surface area (Å²) in [6.07, 6.45) is 9.93. The maximum atomic E-state index is 11.5. The maximum absolute atomic E-state index is 11.5. The Morgan fingerprint density at radius 3 is 2.63 bits per heavy atom. The fraction of sp³-hybridized carbons (Fsp3) is 0.238. The molecule has 0 aromatic heterocycles. The monoisotopic (exact) mass is 402 g/mol. The molecular formula is C21H20Cl2N2O2. The van der Waals surface area contributed by atoms with Crippen LogP contribution < -0.4 is 0 Å². The topological polar surface area (TPSA) is 40.6 Å². The fourth-order valence-corrected chi connectivity index (χ4v) is 3.88. The molecule has 2 aliphatic rings. The van der Waals surface area contributed by atoms with E-state index in [9.17, 15) is 9.59 Å². The van der Waals surface area contributed by atoms with E-state index in [1.54, 1.807) is 12.1 Å². The molecule has 140 valence electrons. The number of fused-ring (bicyclic) bond motifs is 1. The van der Waals surface area contributed by atoms with Gasteiger partial charge in [-0.05, 0) is 35.9 Å². The van der Waals surface area contributed by atoms with E-state index in [0.29, 0.717) is 10.0 Å². The van der Waals surface area contributed by atoms with Crippen molar-refractivity contribution in [3.63, 3.8) is 0 Å². The molecule has 6 heteroatoms. The SMILES string of the molecule is C=C(/C=C\C=C/CN1C(=O)C=CC1=O)C1CN(C)Cc2c(Cl)cc(Cl)cc21. The van der Waals surface area contributed by atoms with Gasteiger partial charge in [-0.2, -0.15) is 0 Å². The molecule has 1 atom stereocenters. The smallest absolute Gasteiger partial charge is 0.253 e. The summed E-state index contributed by atoms with van der Waals surface area (Å²) < 4.78 is 0. The number of carbonyl (C=O) groups is 2. The molecular weight excluding hydrogens is 383 g/mol. The molecule has 0 radical (unpaired) electrons. The Labute approximate surface area is 169 Å². The van der Waals surface area contributed by atoms with Crippen molar-refractivity contribution in [1.29, 1.82) is 0 Å². The van der Waals surface area contributed by atoms with Gasteiger partial charge in [-0.25, -0.2) is 0 Å². The zero-order chi connectivity index (χ0) is 19.6. The summed E-state index contributed by atoms with van der Waals surface area (Å²) in [4.78, 5) is 26.4. The second kappa shape index (κ2) is 8.26. The van der Waals surface area contributed by atoms with Gasteiger partial charge in [0.15, 0.2) is 0 Å². The average molecular weight is 403 g/mol. The summed E-state index contributed by atoms with van der Waals surface area (Å²) in [5.41, 5.74) is 3.15. The van der Waals surface area contributed by atoms with E-state index < -0.39 is 0 Å². The molecule has 4 nitrogen and oxygen atoms in total. The molecule has 2 amide bonds. The maximum Gasteiger partial charge on any atom is 0.253 e. The van der Waals surface area contributed by atoms with E-state index in [1.165, 1.54) is 17.1 Å². The molecule has 27 heavy (non-hydrogen) atoms. The minimum Gasteiger partial charge on any atom is -0.301 e. The normalized spacial score (nSPS) is 20.3. The third-order valence-corrected chi connectivity index (χ3v) is 5.24. The zero-order valence-electron chi connectivity index (χ0n) is 15.0. The van der Waals surface area contributed by atoms with Crippen LogP contribution in [0.2, 0.25) is 10.0 Å². The van der Waals surface area contributed by atoms with Crippen molar-refractivity contribution in [2.24, 2.45) is 0 Å². The summed E-state index contributed by atoms with van der Waals surface area (Å²) in [5.74, 6) is -0.465. The Hall–Kier alpha value is -2.14. The van der Waals surface area contributed by atoms with Gasteiger partial charge in [0, 0.05) is 47.7 Å². The van der Waals surface area contributed by atoms with Gasteiger partial charge in [-0.3, -0.25) is 14.5 Å². The highest BCUT2D eigenvalue weighted by atomic mass is 35.5. The quantitative estimate of drug-likeness (QED) is 0.549. The van der Waals surface area contributed by atoms with Gasteiger partial charge in [-0.15, -0.1) is 0 Å². The second-order valence-electron chi connectivity index (χ2n) is 6.69. The van der Waals surface area contributed by atoms with E-state index in [-0.39, 0.29) is 24.3 Å². The van der Waals surface area contributed by atoms with Gasteiger partial charge in [0.1, 0.15) is 0 Å². The van der Waals surface area contributed by atoms with E-state index in [4.69, 9.17) is 23.2 Å². The first-order valence-corrected chi connectivity index (χ1v) is 9.34. The van der Waals surface area contributed by atoms with Crippen molar-refractivity contribution < 1.29 is 9.59 Å². The molecule has 2 heterocycles. The first kappa shape index (κ1) is 19.6. The lowest BCUT2D eigenvalue weighted by molar-refractivity contribution is -0.136. The van der Waals surface area contributed by atoms with Crippen LogP contribution in [0.5, 0.6) is 0 Å². The highest BCUT2D eigenvalue weighted by Crippen LogP contribution is 2.38. The number of likely N-dealkylation sites (N-methyl/N-ethyl adjacent to an activating group) is 1. The number of imide groups is 1. The summed E-state index contributed by atoms with van der Waals surface area (Å²) in [6.45, 7) is 6.07. The fourth-order valence-electron chi connectivity index (χ4n) is 3.31. The predicted molar refractivity (Wildman–Crippen MR) is 109 cm³/mol. The third kappa shape index (κ3) is 4.41. The van der Waals surface area contributed by atoms with Crippen LogP contribution in [0.15, 0.2) is 60.7 Å². The predicted octanol–water partition coefficient (Wildman–Crippen LogP) is 4.12. The Kier molecular flexibility index (Phi) is 6.00. The van der Waals surface area contributed by atoms with E-state index in [1.807, 2.05) is 24.3 Å². The second-order valence-corrected chi connectivity index (χ2v) is 7.53. The molecule has 0 spiro atoms. The van der Waals surface area contributed by atoms with Crippen molar-refractivity contribution >= 4 is 35.0 Å². The van der Waals surface area contributed by atoms with Gasteiger partial charge in [0.2, 0.25) is 0 Å². The largest absolute Gasteiger partial charge is 0.301 e. The summed E-state index contributed by atoms with van der Waals surface area (Å²) in [6, 6.07) is 3.74. The van der Waals surface area contributed by atoms with Crippen LogP contribution in [0.4, 0.5) is 0 Å². The molecule has 0 saturated heterocycles. The lowest BCUT2D eigenvalue weighted by atomic mass is 9.85. The standard InChI is InChI=1S/C21H20Cl2N2O2/c1-14(6-4-3-5-9-25-20(26)7-8-21(25)27)17-12-24(2)13-18-16(17)10-15(22)11-19(18)23/h3-8,10-11,17H,1,9,12-13H2,2H3/b5-3-,6-4-. The number of halogens is 2. The van der Waals surface area contributed by atoms with Gasteiger partial charge >= 0.3 is 0 Å². The van der Waals surface area contributed by atoms with E-state index >= 15 is 0 Å². The molecule has 0 aliphatic carbocycles. The molecule has 1 unspecified atom stereocenters. The van der Waals surface area contributed by atoms with Crippen LogP contribution in [-0.4, -0.2) is 41.8 Å². The number of benzene rings is 1. The first-order chi connectivity index (χ1) is 12.9. The molecule has 3 rings (SSSR count). The third-order valence-electron chi connectivity index (χ3n) is 4.69. The van der Waals surface area contributed by atoms with E-state index in [0.717, 1.165) is 29.8 Å². The Bertz CT molecular complexity index is 868. The molecule has 0 fully saturated rings. The lowest BCUT2D eigenvalue weighted by Gasteiger charge is -2.33. The van der Waals surface area contributed by atoms with Crippen molar-refractivity contribution in [2.75, 3.05) is 20.1 Å². The Balaban J connectivity index is 1.68. The number of rotatable bonds is 5. The minimum atomic E-state index is -0.284. The highest BCUT2D eigenvalue weighted by Gasteiger charge is 2.26. The van der Waals surface area contributed by atoms with E-state index in [2.05, 4.69) is 18.5 Å². The van der Waals surface area contributed by atoms with Crippen LogP contribution in [0.3, 0.4) is 0 Å². The molecule has 1 aromatic rings. The Morgan fingerprint density at radius 2 is 1.93 bits per heavy atom. The minimum absolute atomic E-state index is 0.102. The molecule has 0 bridgehead atoms. The van der Waals surface area contributed by atoms with Gasteiger partial charge in [0.25, 0.3) is 11.8 Å². The summed E-state index contributed by atoms with van der Waals surface area (Å²) >= 11 is 12.6. The van der Waals surface area contributed by atoms with Crippen molar-refractivity contribution in [3.05, 3.63) is 81.9 Å². The highest BCUT2D eigenvalue weighted by molar-refractivity contribution is 6.35. The summed E-state index contributed by atoms with van der Waals surface area (Å²) in [5, 5.41) is 1.30. The molecule has 1 aromatic carbocycles. The molecule has 2 aliphatic heterocycles. The van der Waals surface area contributed by atoms with Crippen molar-refractivity contribution in [2.45, 2.75) is 12.5 Å². The van der Waals surface area contributed by atoms with Gasteiger partial charge < -0.3 is 4.90 Å². The molecule has 0 saturated carbocycles. The van der Waals surface area contributed by atoms with Crippen LogP contribution in [-0.2, 0) is 16.1 Å². The number of carbonyl (C=O) groups excluding carboxylic acids is 2. The van der Waals surface area contributed by atoms with Crippen LogP contribution in [0.1, 0.15) is 17.0 Å². The summed E-state index contributed by atoms with van der Waals surface area (Å²) in [7, 11) is 2.05. The van der Waals surface area contributed by atoms with Crippen LogP contribution in [0, 0.1) is 0 Å². The number of nitrogens with zero attached hydrogens (tertiary/aromatic N) is 2. The molecule has 0 N–H and O–H groups in total. The van der Waals surface area contributed by atoms with Crippen molar-refractivity contribution in [3.8, 4) is 0 Å². The Morgan fingerprint density at radius 1 is 1.22 bits per heavy atom. The zero-order valence-corrected chi connectivity index (χ0v) is 16.5. The lowest BCUT2D eigenvalue weighted by Crippen LogP contribution is -2.31. The van der Waals surface area contributed by atoms with Crippen LogP contribution >= 0.6 is 23.2 Å². The van der Waals surface area contributed by atoms with Crippen molar-refractivity contribution in [1.82, 2.24) is 9.80 Å². The van der Waals surface area contributed by atoms with Crippen LogP contribution in [0.25, 0.3) is 0 Å². The number of amides is 2. The van der Waals surface area contributed by atoms with Gasteiger partial charge in [-0.1, -0.05) is 54.1 Å². The number of allylic oxidation sites excluding steroid dienone is 3.